The van der Waals surface area contributed by atoms with Gasteiger partial charge in [0.25, 0.3) is 0 Å². The number of carbonyl (C=O) groups excluding carboxylic acids is 1. The summed E-state index contributed by atoms with van der Waals surface area (Å²) < 4.78 is 0. The summed E-state index contributed by atoms with van der Waals surface area (Å²) in [5.74, 6) is 0.129. The topological polar surface area (TPSA) is 17.1 Å². The molecule has 0 aliphatic heterocycles. The van der Waals surface area contributed by atoms with E-state index in [2.05, 4.69) is 182 Å². The van der Waals surface area contributed by atoms with Gasteiger partial charge in [-0.3, -0.25) is 4.79 Å². The molecule has 0 fully saturated rings. The number of ketones is 1. The van der Waals surface area contributed by atoms with E-state index in [1.165, 1.54) is 31.8 Å². The van der Waals surface area contributed by atoms with Crippen LogP contribution in [-0.4, -0.2) is 10.8 Å². The molecule has 0 amide bonds. The van der Waals surface area contributed by atoms with Crippen molar-refractivity contribution in [2.24, 2.45) is 0 Å². The van der Waals surface area contributed by atoms with Gasteiger partial charge in [0.15, 0.2) is 10.8 Å². The van der Waals surface area contributed by atoms with Gasteiger partial charge < -0.3 is 0 Å². The van der Waals surface area contributed by atoms with E-state index in [1.54, 1.807) is 6.92 Å². The Morgan fingerprint density at radius 2 is 0.643 bits per heavy atom. The second kappa shape index (κ2) is 12.3. The summed E-state index contributed by atoms with van der Waals surface area (Å²) in [5, 5.41) is 8.08. The fourth-order valence-corrected chi connectivity index (χ4v) is 18.0. The van der Waals surface area contributed by atoms with Crippen LogP contribution in [0.4, 0.5) is 0 Å². The molecule has 0 aromatic heterocycles. The van der Waals surface area contributed by atoms with Crippen LogP contribution in [0.15, 0.2) is 182 Å². The van der Waals surface area contributed by atoms with Gasteiger partial charge in [0.05, 0.1) is 0 Å². The fraction of sp³-hybridized carbons (Fsp3) is 0.0256. The average Bonchev–Trinajstić information content (AvgIpc) is 3.07. The Hall–Kier alpha value is -4.28. The van der Waals surface area contributed by atoms with Gasteiger partial charge in [0.2, 0.25) is 0 Å². The van der Waals surface area contributed by atoms with Crippen molar-refractivity contribution in [1.82, 2.24) is 0 Å². The third-order valence-electron chi connectivity index (χ3n) is 7.81. The van der Waals surface area contributed by atoms with Crippen molar-refractivity contribution in [2.75, 3.05) is 0 Å². The minimum atomic E-state index is -2.72. The predicted octanol–water partition coefficient (Wildman–Crippen LogP) is 6.69. The Morgan fingerprint density at radius 1 is 0.405 bits per heavy atom. The van der Waals surface area contributed by atoms with Gasteiger partial charge >= 0.3 is 0 Å². The van der Waals surface area contributed by atoms with Gasteiger partial charge in [-0.1, -0.05) is 146 Å². The molecule has 0 N–H and O–H groups in total. The highest BCUT2D eigenvalue weighted by molar-refractivity contribution is 8.22. The normalized spacial score (nSPS) is 11.5. The SMILES string of the molecule is CC(=O)C(=P(c1ccccc1)(c1ccccc1)c1ccccc1)[P+](c1ccccc1)(c1ccccc1)c1ccccc1. The molecule has 6 aromatic rings. The zero-order valence-electron chi connectivity index (χ0n) is 23.6. The first-order chi connectivity index (χ1) is 20.7. The van der Waals surface area contributed by atoms with Gasteiger partial charge in [0, 0.05) is 13.8 Å². The molecule has 0 saturated heterocycles. The zero-order chi connectivity index (χ0) is 28.8. The number of benzene rings is 6. The smallest absolute Gasteiger partial charge is 0.196 e. The maximum Gasteiger partial charge on any atom is 0.196 e. The number of Topliss-reactive ketones (excluding diaryl/α,β-unsaturated/α-hetero) is 1. The van der Waals surface area contributed by atoms with Crippen molar-refractivity contribution in [3.8, 4) is 0 Å². The molecule has 0 spiro atoms. The number of carbonyl (C=O) groups is 1. The van der Waals surface area contributed by atoms with E-state index >= 15 is 0 Å². The first-order valence-corrected chi connectivity index (χ1v) is 17.8. The molecule has 0 aliphatic carbocycles. The number of hydrogen-bond acceptors (Lipinski definition) is 1. The lowest BCUT2D eigenvalue weighted by molar-refractivity contribution is -0.110. The Balaban J connectivity index is 2.01. The van der Waals surface area contributed by atoms with E-state index in [0.717, 1.165) is 5.03 Å². The summed E-state index contributed by atoms with van der Waals surface area (Å²) in [4.78, 5) is 14.9. The molecule has 0 heterocycles. The highest BCUT2D eigenvalue weighted by Crippen LogP contribution is 2.65. The van der Waals surface area contributed by atoms with Crippen molar-refractivity contribution < 1.29 is 4.79 Å². The van der Waals surface area contributed by atoms with Crippen molar-refractivity contribution >= 4 is 56.8 Å². The first kappa shape index (κ1) is 27.9. The van der Waals surface area contributed by atoms with Gasteiger partial charge in [-0.15, -0.1) is 0 Å². The molecular formula is C39H33OP2+. The Kier molecular flexibility index (Phi) is 8.16. The van der Waals surface area contributed by atoms with E-state index in [9.17, 15) is 4.79 Å². The minimum Gasteiger partial charge on any atom is -0.291 e. The molecule has 0 bridgehead atoms. The summed E-state index contributed by atoms with van der Waals surface area (Å²) in [6.45, 7) is -0.927. The van der Waals surface area contributed by atoms with Crippen LogP contribution in [0.1, 0.15) is 6.92 Å². The van der Waals surface area contributed by atoms with Crippen LogP contribution in [0, 0.1) is 0 Å². The summed E-state index contributed by atoms with van der Waals surface area (Å²) in [5.41, 5.74) is 0. The van der Waals surface area contributed by atoms with Crippen molar-refractivity contribution in [3.63, 3.8) is 0 Å². The van der Waals surface area contributed by atoms with Gasteiger partial charge in [0.1, 0.15) is 23.2 Å². The number of rotatable bonds is 8. The van der Waals surface area contributed by atoms with Gasteiger partial charge in [-0.2, -0.15) is 0 Å². The minimum absolute atomic E-state index is 0.129. The van der Waals surface area contributed by atoms with Crippen molar-refractivity contribution in [3.05, 3.63) is 182 Å². The molecule has 6 aromatic carbocycles. The lowest BCUT2D eigenvalue weighted by Crippen LogP contribution is -2.43. The van der Waals surface area contributed by atoms with E-state index in [-0.39, 0.29) is 5.78 Å². The van der Waals surface area contributed by atoms with Crippen LogP contribution in [-0.2, 0) is 4.79 Å². The second-order valence-electron chi connectivity index (χ2n) is 10.2. The van der Waals surface area contributed by atoms with Crippen LogP contribution < -0.4 is 31.8 Å². The Labute approximate surface area is 249 Å². The monoisotopic (exact) mass is 579 g/mol. The maximum absolute atomic E-state index is 14.9. The standard InChI is InChI=1S/C39H33OP2/c1-32(40)39(41(33-20-8-2-9-21-33,34-22-10-3-11-23-34)35-24-12-4-13-25-35)42(36-26-14-5-15-27-36,37-28-16-6-17-29-37)38-30-18-7-19-31-38/h2-31H,1H3/q+1. The van der Waals surface area contributed by atoms with Crippen LogP contribution in [0.25, 0.3) is 0 Å². The van der Waals surface area contributed by atoms with E-state index in [1.807, 2.05) is 0 Å². The highest BCUT2D eigenvalue weighted by atomic mass is 31.2. The third-order valence-corrected chi connectivity index (χ3v) is 17.9. The van der Waals surface area contributed by atoms with Crippen LogP contribution in [0.5, 0.6) is 0 Å². The molecule has 0 aliphatic rings. The summed E-state index contributed by atoms with van der Waals surface area (Å²) in [7, 11) is -2.72. The largest absolute Gasteiger partial charge is 0.291 e. The molecule has 0 atom stereocenters. The fourth-order valence-electron chi connectivity index (χ4n) is 6.24. The zero-order valence-corrected chi connectivity index (χ0v) is 25.4. The lowest BCUT2D eigenvalue weighted by atomic mass is 10.3. The second-order valence-corrected chi connectivity index (χ2v) is 17.3. The van der Waals surface area contributed by atoms with E-state index in [0.29, 0.717) is 0 Å². The van der Waals surface area contributed by atoms with Crippen molar-refractivity contribution in [1.29, 1.82) is 0 Å². The molecule has 1 nitrogen and oxygen atoms in total. The maximum atomic E-state index is 14.9. The Bertz CT molecular complexity index is 1620. The first-order valence-electron chi connectivity index (χ1n) is 14.2. The van der Waals surface area contributed by atoms with Crippen LogP contribution in [0.2, 0.25) is 0 Å². The number of hydrogen-bond donors (Lipinski definition) is 0. The van der Waals surface area contributed by atoms with Crippen LogP contribution >= 0.6 is 14.1 Å². The average molecular weight is 580 g/mol. The molecule has 204 valence electrons. The summed E-state index contributed by atoms with van der Waals surface area (Å²) in [6, 6.07) is 64.5. The molecule has 6 rings (SSSR count). The highest BCUT2D eigenvalue weighted by Gasteiger charge is 2.56. The van der Waals surface area contributed by atoms with E-state index < -0.39 is 14.1 Å². The molecule has 0 unspecified atom stereocenters. The molecular weight excluding hydrogens is 546 g/mol. The summed E-state index contributed by atoms with van der Waals surface area (Å²) in [6.07, 6.45) is 0. The molecule has 42 heavy (non-hydrogen) atoms. The van der Waals surface area contributed by atoms with Gasteiger partial charge in [-0.05, 0) is 52.3 Å². The molecule has 0 radical (unpaired) electrons. The quantitative estimate of drug-likeness (QED) is 0.184. The van der Waals surface area contributed by atoms with Crippen LogP contribution in [0.3, 0.4) is 0 Å². The van der Waals surface area contributed by atoms with Crippen molar-refractivity contribution in [2.45, 2.75) is 6.92 Å². The third kappa shape index (κ3) is 4.70. The Morgan fingerprint density at radius 3 is 0.881 bits per heavy atom. The predicted molar refractivity (Wildman–Crippen MR) is 186 cm³/mol. The molecule has 3 heteroatoms. The summed E-state index contributed by atoms with van der Waals surface area (Å²) >= 11 is 0. The lowest BCUT2D eigenvalue weighted by Gasteiger charge is -2.37. The molecule has 0 saturated carbocycles. The van der Waals surface area contributed by atoms with E-state index in [4.69, 9.17) is 0 Å². The van der Waals surface area contributed by atoms with Gasteiger partial charge in [-0.25, -0.2) is 0 Å².